The van der Waals surface area contributed by atoms with E-state index in [9.17, 15) is 19.5 Å². The van der Waals surface area contributed by atoms with Crippen molar-refractivity contribution in [1.29, 1.82) is 0 Å². The van der Waals surface area contributed by atoms with Gasteiger partial charge in [-0.2, -0.15) is 0 Å². The van der Waals surface area contributed by atoms with Crippen LogP contribution < -0.4 is 31.3 Å². The highest BCUT2D eigenvalue weighted by atomic mass is 28.3. The van der Waals surface area contributed by atoms with Crippen LogP contribution in [0.4, 0.5) is 0 Å². The molecule has 4 N–H and O–H groups in total. The monoisotopic (exact) mass is 594 g/mol. The highest BCUT2D eigenvalue weighted by Crippen LogP contribution is 2.41. The number of cyclic esters (lactones) is 1. The standard InChI is InChI=1S/C29H34N4O8Si/c1-4-29(37)19-9-21-25-17(12-33(21)27(35)18(19)13-39-28(29)36)26(16-8-22-23(41-15-40-22)10-20(16)32-25)42(2,3)7-5-6-38-14-31-24(34)11-30/h8-10,37H,4-7,11-15,30H2,1-3H3,(H,31,34)/t29-/m0/s1. The molecule has 0 radical (unpaired) electrons. The van der Waals surface area contributed by atoms with E-state index < -0.39 is 19.6 Å². The molecule has 5 heterocycles. The van der Waals surface area contributed by atoms with E-state index in [1.54, 1.807) is 17.6 Å². The van der Waals surface area contributed by atoms with Gasteiger partial charge in [0.2, 0.25) is 12.7 Å². The molecule has 0 unspecified atom stereocenters. The number of amides is 1. The van der Waals surface area contributed by atoms with Crippen LogP contribution in [0.1, 0.15) is 36.5 Å². The number of fused-ring (bicyclic) bond motifs is 6. The third kappa shape index (κ3) is 4.47. The van der Waals surface area contributed by atoms with Crippen molar-refractivity contribution in [1.82, 2.24) is 14.9 Å². The summed E-state index contributed by atoms with van der Waals surface area (Å²) in [5.74, 6) is 0.240. The van der Waals surface area contributed by atoms with E-state index in [0.29, 0.717) is 36.0 Å². The number of aromatic nitrogens is 2. The molecule has 0 saturated heterocycles. The lowest BCUT2D eigenvalue weighted by atomic mass is 9.86. The number of rotatable bonds is 9. The van der Waals surface area contributed by atoms with E-state index in [-0.39, 0.29) is 55.7 Å². The molecule has 0 bridgehead atoms. The normalized spacial score (nSPS) is 18.5. The van der Waals surface area contributed by atoms with Crippen LogP contribution in [0.25, 0.3) is 22.3 Å². The van der Waals surface area contributed by atoms with Gasteiger partial charge in [-0.3, -0.25) is 9.59 Å². The molecule has 222 valence electrons. The second-order valence-electron chi connectivity index (χ2n) is 11.5. The fourth-order valence-electron chi connectivity index (χ4n) is 6.26. The first-order chi connectivity index (χ1) is 20.1. The largest absolute Gasteiger partial charge is 0.458 e. The molecule has 3 aromatic rings. The highest BCUT2D eigenvalue weighted by Gasteiger charge is 2.46. The van der Waals surface area contributed by atoms with Crippen molar-refractivity contribution in [3.63, 3.8) is 0 Å². The van der Waals surface area contributed by atoms with Crippen LogP contribution in [-0.2, 0) is 37.8 Å². The number of carbonyl (C=O) groups is 2. The van der Waals surface area contributed by atoms with Gasteiger partial charge < -0.3 is 39.7 Å². The summed E-state index contributed by atoms with van der Waals surface area (Å²) in [7, 11) is -2.22. The Bertz CT molecular complexity index is 1690. The molecule has 1 amide bonds. The lowest BCUT2D eigenvalue weighted by Crippen LogP contribution is -2.45. The first-order valence-corrected chi connectivity index (χ1v) is 17.3. The van der Waals surface area contributed by atoms with Gasteiger partial charge in [-0.1, -0.05) is 26.1 Å². The van der Waals surface area contributed by atoms with Crippen LogP contribution >= 0.6 is 0 Å². The van der Waals surface area contributed by atoms with Gasteiger partial charge in [-0.25, -0.2) is 9.78 Å². The summed E-state index contributed by atoms with van der Waals surface area (Å²) in [6, 6.07) is 6.46. The van der Waals surface area contributed by atoms with Crippen molar-refractivity contribution in [2.24, 2.45) is 5.73 Å². The summed E-state index contributed by atoms with van der Waals surface area (Å²) in [4.78, 5) is 42.8. The molecule has 6 rings (SSSR count). The third-order valence-corrected chi connectivity index (χ3v) is 12.0. The molecule has 0 aliphatic carbocycles. The fraction of sp³-hybridized carbons (Fsp3) is 0.448. The fourth-order valence-corrected chi connectivity index (χ4v) is 9.48. The molecule has 0 fully saturated rings. The Balaban J connectivity index is 1.44. The molecule has 2 aromatic heterocycles. The predicted molar refractivity (Wildman–Crippen MR) is 155 cm³/mol. The van der Waals surface area contributed by atoms with E-state index >= 15 is 0 Å². The molecule has 3 aliphatic heterocycles. The number of carbonyl (C=O) groups excluding carboxylic acids is 2. The zero-order valence-electron chi connectivity index (χ0n) is 23.9. The Labute approximate surface area is 242 Å². The van der Waals surface area contributed by atoms with Crippen molar-refractivity contribution in [3.05, 3.63) is 45.2 Å². The van der Waals surface area contributed by atoms with Crippen LogP contribution in [0, 0.1) is 0 Å². The van der Waals surface area contributed by atoms with Gasteiger partial charge >= 0.3 is 5.97 Å². The summed E-state index contributed by atoms with van der Waals surface area (Å²) >= 11 is 0. The van der Waals surface area contributed by atoms with Gasteiger partial charge in [0.05, 0.1) is 43.6 Å². The van der Waals surface area contributed by atoms with E-state index in [1.807, 2.05) is 12.1 Å². The van der Waals surface area contributed by atoms with Gasteiger partial charge in [0.25, 0.3) is 5.56 Å². The Morgan fingerprint density at radius 3 is 2.69 bits per heavy atom. The van der Waals surface area contributed by atoms with Gasteiger partial charge in [-0.05, 0) is 35.7 Å². The van der Waals surface area contributed by atoms with Crippen LogP contribution in [-0.4, -0.2) is 61.3 Å². The molecular weight excluding hydrogens is 560 g/mol. The van der Waals surface area contributed by atoms with Gasteiger partial charge in [-0.15, -0.1) is 0 Å². The average molecular weight is 595 g/mol. The minimum Gasteiger partial charge on any atom is -0.458 e. The van der Waals surface area contributed by atoms with E-state index in [1.165, 1.54) is 0 Å². The predicted octanol–water partition coefficient (Wildman–Crippen LogP) is 1.16. The van der Waals surface area contributed by atoms with Gasteiger partial charge in [0, 0.05) is 23.6 Å². The van der Waals surface area contributed by atoms with E-state index in [2.05, 4.69) is 18.4 Å². The Morgan fingerprint density at radius 1 is 1.19 bits per heavy atom. The number of pyridine rings is 2. The molecule has 0 saturated carbocycles. The number of nitrogens with one attached hydrogen (secondary N) is 1. The molecule has 12 nitrogen and oxygen atoms in total. The van der Waals surface area contributed by atoms with Crippen LogP contribution in [0.5, 0.6) is 11.5 Å². The topological polar surface area (TPSA) is 164 Å². The molecule has 13 heteroatoms. The number of ether oxygens (including phenoxy) is 4. The van der Waals surface area contributed by atoms with E-state index in [0.717, 1.165) is 34.1 Å². The number of nitrogens with zero attached hydrogens (tertiary/aromatic N) is 2. The van der Waals surface area contributed by atoms with Crippen LogP contribution in [0.15, 0.2) is 23.0 Å². The minimum atomic E-state index is -2.22. The maximum absolute atomic E-state index is 13.8. The third-order valence-electron chi connectivity index (χ3n) is 8.51. The Kier molecular flexibility index (Phi) is 7.08. The smallest absolute Gasteiger partial charge is 0.343 e. The molecule has 1 aromatic carbocycles. The molecule has 42 heavy (non-hydrogen) atoms. The SMILES string of the molecule is CC[C@@]1(O)C(=O)OCc2c1cc1n(c2=O)Cc2c-1nc1cc3c(cc1c2[Si](C)(C)CCCOCNC(=O)CN)OCO3. The summed E-state index contributed by atoms with van der Waals surface area (Å²) in [6.07, 6.45) is 0.845. The number of benzene rings is 1. The number of hydrogen-bond acceptors (Lipinski definition) is 10. The second-order valence-corrected chi connectivity index (χ2v) is 16.3. The maximum atomic E-state index is 13.8. The first kappa shape index (κ1) is 28.3. The first-order valence-electron chi connectivity index (χ1n) is 14.1. The number of aliphatic hydroxyl groups is 1. The quantitative estimate of drug-likeness (QED) is 0.111. The van der Waals surface area contributed by atoms with Crippen molar-refractivity contribution in [2.45, 2.75) is 57.7 Å². The highest BCUT2D eigenvalue weighted by molar-refractivity contribution is 6.91. The lowest BCUT2D eigenvalue weighted by Gasteiger charge is -2.31. The van der Waals surface area contributed by atoms with Crippen LogP contribution in [0.2, 0.25) is 19.1 Å². The molecule has 1 atom stereocenters. The van der Waals surface area contributed by atoms with Crippen LogP contribution in [0.3, 0.4) is 0 Å². The molecular formula is C29H34N4O8Si. The summed E-state index contributed by atoms with van der Waals surface area (Å²) in [6.45, 7) is 7.01. The van der Waals surface area contributed by atoms with Gasteiger partial charge in [0.15, 0.2) is 17.1 Å². The van der Waals surface area contributed by atoms with Crippen molar-refractivity contribution in [3.8, 4) is 22.9 Å². The lowest BCUT2D eigenvalue weighted by molar-refractivity contribution is -0.172. The molecule has 0 spiro atoms. The second kappa shape index (κ2) is 10.5. The Hall–Kier alpha value is -3.78. The summed E-state index contributed by atoms with van der Waals surface area (Å²) in [5.41, 5.74) is 6.62. The molecule has 3 aliphatic rings. The number of nitrogens with two attached hydrogens (primary N) is 1. The zero-order valence-corrected chi connectivity index (χ0v) is 24.9. The zero-order chi connectivity index (χ0) is 29.8. The Morgan fingerprint density at radius 2 is 1.95 bits per heavy atom. The van der Waals surface area contributed by atoms with Crippen molar-refractivity contribution >= 4 is 36.0 Å². The number of hydrogen-bond donors (Lipinski definition) is 3. The van der Waals surface area contributed by atoms with Gasteiger partial charge in [0.1, 0.15) is 13.3 Å². The number of esters is 1. The van der Waals surface area contributed by atoms with Crippen molar-refractivity contribution < 1.29 is 33.6 Å². The van der Waals surface area contributed by atoms with Crippen molar-refractivity contribution in [2.75, 3.05) is 26.7 Å². The minimum absolute atomic E-state index is 0.0758. The average Bonchev–Trinajstić information content (AvgIpc) is 3.58. The maximum Gasteiger partial charge on any atom is 0.343 e. The summed E-state index contributed by atoms with van der Waals surface area (Å²) < 4.78 is 23.9. The van der Waals surface area contributed by atoms with E-state index in [4.69, 9.17) is 29.7 Å². The summed E-state index contributed by atoms with van der Waals surface area (Å²) in [5, 5.41) is 16.0.